The first-order chi connectivity index (χ1) is 7.15. The molecule has 0 bridgehead atoms. The molecule has 0 heterocycles. The van der Waals surface area contributed by atoms with Gasteiger partial charge in [0, 0.05) is 4.53 Å². The van der Waals surface area contributed by atoms with Crippen molar-refractivity contribution in [3.8, 4) is 0 Å². The number of carbonyl (C=O) groups excluding carboxylic acids is 1. The van der Waals surface area contributed by atoms with E-state index in [2.05, 4.69) is 4.94 Å². The summed E-state index contributed by atoms with van der Waals surface area (Å²) in [6.45, 7) is 1.81. The predicted molar refractivity (Wildman–Crippen MR) is 49.1 cm³/mol. The minimum absolute atomic E-state index is 0.167. The van der Waals surface area contributed by atoms with Crippen LogP contribution in [0.2, 0.25) is 0 Å². The lowest BCUT2D eigenvalue weighted by Crippen LogP contribution is -1.97. The highest BCUT2D eigenvalue weighted by molar-refractivity contribution is 5.89. The van der Waals surface area contributed by atoms with Crippen LogP contribution in [0.3, 0.4) is 0 Å². The topological polar surface area (TPSA) is 26.3 Å². The SMILES string of the molecule is Cc1cccc(C(=O)OF)c1.FC=CF. The van der Waals surface area contributed by atoms with Crippen LogP contribution in [0.4, 0.5) is 13.3 Å². The number of hydrogen-bond acceptors (Lipinski definition) is 2. The Balaban J connectivity index is 0.000000423. The molecule has 15 heavy (non-hydrogen) atoms. The van der Waals surface area contributed by atoms with Crippen molar-refractivity contribution in [3.63, 3.8) is 0 Å². The lowest BCUT2D eigenvalue weighted by atomic mass is 10.1. The van der Waals surface area contributed by atoms with Gasteiger partial charge in [0.1, 0.15) is 12.7 Å². The van der Waals surface area contributed by atoms with Gasteiger partial charge in [0.15, 0.2) is 0 Å². The second-order valence-corrected chi connectivity index (χ2v) is 2.49. The normalized spacial score (nSPS) is 9.33. The van der Waals surface area contributed by atoms with E-state index in [1.807, 2.05) is 13.0 Å². The summed E-state index contributed by atoms with van der Waals surface area (Å²) in [7, 11) is 0. The Morgan fingerprint density at radius 2 is 1.93 bits per heavy atom. The van der Waals surface area contributed by atoms with Crippen molar-refractivity contribution in [1.82, 2.24) is 0 Å². The second kappa shape index (κ2) is 7.61. The van der Waals surface area contributed by atoms with Gasteiger partial charge in [-0.15, -0.1) is 0 Å². The number of aryl methyl sites for hydroxylation is 1. The number of benzene rings is 1. The molecule has 0 radical (unpaired) electrons. The summed E-state index contributed by atoms with van der Waals surface area (Å²) in [4.78, 5) is 13.6. The molecule has 0 fully saturated rings. The molecule has 5 heteroatoms. The molecule has 1 rings (SSSR count). The van der Waals surface area contributed by atoms with Gasteiger partial charge in [-0.2, -0.15) is 0 Å². The Hall–Kier alpha value is -1.78. The van der Waals surface area contributed by atoms with Crippen molar-refractivity contribution in [2.24, 2.45) is 0 Å². The molecule has 0 aliphatic carbocycles. The van der Waals surface area contributed by atoms with Crippen LogP contribution in [-0.4, -0.2) is 5.97 Å². The van der Waals surface area contributed by atoms with Crippen LogP contribution in [0.1, 0.15) is 15.9 Å². The van der Waals surface area contributed by atoms with E-state index in [9.17, 15) is 18.1 Å². The molecule has 1 aromatic carbocycles. The van der Waals surface area contributed by atoms with E-state index in [0.29, 0.717) is 0 Å². The van der Waals surface area contributed by atoms with Gasteiger partial charge in [0.2, 0.25) is 0 Å². The molecular weight excluding hydrogens is 209 g/mol. The molecule has 0 aliphatic rings. The largest absolute Gasteiger partial charge is 0.379 e. The van der Waals surface area contributed by atoms with E-state index in [0.717, 1.165) is 5.56 Å². The summed E-state index contributed by atoms with van der Waals surface area (Å²) in [5.41, 5.74) is 1.13. The molecular formula is C10H9F3O2. The Labute approximate surface area is 84.9 Å². The monoisotopic (exact) mass is 218 g/mol. The third-order valence-corrected chi connectivity index (χ3v) is 1.37. The lowest BCUT2D eigenvalue weighted by Gasteiger charge is -1.95. The van der Waals surface area contributed by atoms with Gasteiger partial charge in [0.05, 0.1) is 5.56 Å². The van der Waals surface area contributed by atoms with Crippen molar-refractivity contribution >= 4 is 5.97 Å². The Morgan fingerprint density at radius 3 is 2.33 bits per heavy atom. The van der Waals surface area contributed by atoms with Crippen molar-refractivity contribution in [1.29, 1.82) is 0 Å². The molecule has 0 atom stereocenters. The van der Waals surface area contributed by atoms with E-state index in [1.54, 1.807) is 12.1 Å². The van der Waals surface area contributed by atoms with E-state index in [-0.39, 0.29) is 18.2 Å². The van der Waals surface area contributed by atoms with E-state index < -0.39 is 5.97 Å². The fourth-order valence-electron chi connectivity index (χ4n) is 0.817. The zero-order valence-electron chi connectivity index (χ0n) is 7.91. The van der Waals surface area contributed by atoms with E-state index in [1.165, 1.54) is 6.07 Å². The maximum atomic E-state index is 11.4. The Morgan fingerprint density at radius 1 is 1.33 bits per heavy atom. The van der Waals surface area contributed by atoms with Crippen molar-refractivity contribution in [2.45, 2.75) is 6.92 Å². The number of rotatable bonds is 1. The number of hydrogen-bond donors (Lipinski definition) is 0. The van der Waals surface area contributed by atoms with Crippen molar-refractivity contribution in [2.75, 3.05) is 0 Å². The quantitative estimate of drug-likeness (QED) is 0.721. The zero-order valence-corrected chi connectivity index (χ0v) is 7.91. The molecule has 0 unspecified atom stereocenters. The zero-order chi connectivity index (χ0) is 11.7. The third-order valence-electron chi connectivity index (χ3n) is 1.37. The van der Waals surface area contributed by atoms with Gasteiger partial charge in [-0.25, -0.2) is 18.5 Å². The molecule has 0 aromatic heterocycles. The summed E-state index contributed by atoms with van der Waals surface area (Å²) in [5, 5.41) is 0. The Kier molecular flexibility index (Phi) is 6.70. The van der Waals surface area contributed by atoms with Gasteiger partial charge < -0.3 is 0 Å². The average molecular weight is 218 g/mol. The molecule has 1 aromatic rings. The van der Waals surface area contributed by atoms with E-state index in [4.69, 9.17) is 0 Å². The van der Waals surface area contributed by atoms with Crippen LogP contribution >= 0.6 is 0 Å². The first kappa shape index (κ1) is 13.2. The molecule has 0 saturated carbocycles. The molecule has 0 aliphatic heterocycles. The van der Waals surface area contributed by atoms with Crippen LogP contribution in [0.15, 0.2) is 36.9 Å². The summed E-state index contributed by atoms with van der Waals surface area (Å²) >= 11 is 0. The lowest BCUT2D eigenvalue weighted by molar-refractivity contribution is -0.0788. The predicted octanol–water partition coefficient (Wildman–Crippen LogP) is 3.43. The summed E-state index contributed by atoms with van der Waals surface area (Å²) in [6.07, 6.45) is -0.333. The second-order valence-electron chi connectivity index (χ2n) is 2.49. The molecule has 82 valence electrons. The summed E-state index contributed by atoms with van der Waals surface area (Å²) < 4.78 is 31.7. The minimum Gasteiger partial charge on any atom is -0.249 e. The van der Waals surface area contributed by atoms with Crippen LogP contribution in [0.25, 0.3) is 0 Å². The first-order valence-electron chi connectivity index (χ1n) is 3.90. The van der Waals surface area contributed by atoms with Crippen LogP contribution in [0.5, 0.6) is 0 Å². The summed E-state index contributed by atoms with van der Waals surface area (Å²) in [6, 6.07) is 6.54. The highest BCUT2D eigenvalue weighted by Crippen LogP contribution is 2.05. The van der Waals surface area contributed by atoms with Gasteiger partial charge >= 0.3 is 5.97 Å². The fraction of sp³-hybridized carbons (Fsp3) is 0.100. The molecule has 0 N–H and O–H groups in total. The fourth-order valence-corrected chi connectivity index (χ4v) is 0.817. The molecule has 0 spiro atoms. The summed E-state index contributed by atoms with van der Waals surface area (Å²) in [5.74, 6) is -0.950. The Bertz CT molecular complexity index is 333. The number of carbonyl (C=O) groups is 1. The average Bonchev–Trinajstić information content (AvgIpc) is 2.28. The van der Waals surface area contributed by atoms with Gasteiger partial charge in [-0.1, -0.05) is 17.7 Å². The third kappa shape index (κ3) is 5.51. The van der Waals surface area contributed by atoms with Crippen LogP contribution < -0.4 is 0 Å². The van der Waals surface area contributed by atoms with E-state index >= 15 is 0 Å². The van der Waals surface area contributed by atoms with Gasteiger partial charge in [-0.3, -0.25) is 0 Å². The van der Waals surface area contributed by atoms with Gasteiger partial charge in [0.25, 0.3) is 0 Å². The molecule has 0 amide bonds. The standard InChI is InChI=1S/C8H7FO2.C2H2F2/c1-6-3-2-4-7(5-6)8(10)11-9;3-1-2-4/h2-5H,1H3;1-2H. The maximum absolute atomic E-state index is 11.4. The van der Waals surface area contributed by atoms with Gasteiger partial charge in [-0.05, 0) is 19.1 Å². The van der Waals surface area contributed by atoms with Crippen molar-refractivity contribution in [3.05, 3.63) is 48.1 Å². The van der Waals surface area contributed by atoms with Crippen LogP contribution in [-0.2, 0) is 4.94 Å². The highest BCUT2D eigenvalue weighted by Gasteiger charge is 2.05. The van der Waals surface area contributed by atoms with Crippen molar-refractivity contribution < 1.29 is 23.0 Å². The minimum atomic E-state index is -0.950. The molecule has 0 saturated heterocycles. The number of halogens is 3. The highest BCUT2D eigenvalue weighted by atomic mass is 19.3. The molecule has 2 nitrogen and oxygen atoms in total. The smallest absolute Gasteiger partial charge is 0.249 e. The first-order valence-corrected chi connectivity index (χ1v) is 3.90. The van der Waals surface area contributed by atoms with Crippen LogP contribution in [0, 0.1) is 6.92 Å². The maximum Gasteiger partial charge on any atom is 0.379 e.